The van der Waals surface area contributed by atoms with E-state index in [1.54, 1.807) is 0 Å². The second-order valence-corrected chi connectivity index (χ2v) is 5.49. The summed E-state index contributed by atoms with van der Waals surface area (Å²) in [7, 11) is 0. The van der Waals surface area contributed by atoms with Crippen LogP contribution in [0.15, 0.2) is 0 Å². The van der Waals surface area contributed by atoms with Gasteiger partial charge < -0.3 is 16.2 Å². The van der Waals surface area contributed by atoms with Crippen LogP contribution >= 0.6 is 0 Å². The van der Waals surface area contributed by atoms with Crippen molar-refractivity contribution < 1.29 is 9.53 Å². The first-order valence-corrected chi connectivity index (χ1v) is 7.11. The molecule has 0 aliphatic carbocycles. The normalized spacial score (nSPS) is 13.4. The molecule has 108 valence electrons. The smallest absolute Gasteiger partial charge is 0.323 e. The Hall–Kier alpha value is -0.610. The number of carbonyl (C=O) groups excluding carboxylic acids is 1. The Morgan fingerprint density at radius 1 is 1.17 bits per heavy atom. The van der Waals surface area contributed by atoms with E-state index in [2.05, 4.69) is 0 Å². The highest BCUT2D eigenvalue weighted by Crippen LogP contribution is 2.15. The van der Waals surface area contributed by atoms with Crippen molar-refractivity contribution in [2.24, 2.45) is 11.5 Å². The fourth-order valence-electron chi connectivity index (χ4n) is 1.58. The Labute approximate surface area is 111 Å². The minimum absolute atomic E-state index is 0.274. The minimum atomic E-state index is -0.481. The number of hydrogen-bond donors (Lipinski definition) is 2. The number of nitrogens with two attached hydrogens (primary N) is 2. The molecule has 0 rings (SSSR count). The number of carbonyl (C=O) groups is 1. The van der Waals surface area contributed by atoms with Crippen LogP contribution in [-0.4, -0.2) is 24.2 Å². The first-order valence-electron chi connectivity index (χ1n) is 7.11. The highest BCUT2D eigenvalue weighted by atomic mass is 16.6. The van der Waals surface area contributed by atoms with Crippen LogP contribution in [0.5, 0.6) is 0 Å². The molecule has 4 heteroatoms. The monoisotopic (exact) mass is 258 g/mol. The third-order valence-corrected chi connectivity index (χ3v) is 3.25. The van der Waals surface area contributed by atoms with E-state index >= 15 is 0 Å². The van der Waals surface area contributed by atoms with Crippen LogP contribution in [0, 0.1) is 0 Å². The van der Waals surface area contributed by atoms with Crippen molar-refractivity contribution >= 4 is 5.97 Å². The number of hydrogen-bond acceptors (Lipinski definition) is 4. The summed E-state index contributed by atoms with van der Waals surface area (Å²) < 4.78 is 5.36. The Kier molecular flexibility index (Phi) is 9.02. The molecule has 0 fully saturated rings. The van der Waals surface area contributed by atoms with Crippen LogP contribution in [0.1, 0.15) is 65.7 Å². The molecule has 0 bridgehead atoms. The van der Waals surface area contributed by atoms with E-state index in [1.807, 2.05) is 20.8 Å². The Morgan fingerprint density at radius 2 is 1.72 bits per heavy atom. The number of ether oxygens (including phenoxy) is 1. The van der Waals surface area contributed by atoms with E-state index in [0.29, 0.717) is 6.42 Å². The Balaban J connectivity index is 3.68. The number of esters is 1. The van der Waals surface area contributed by atoms with Gasteiger partial charge in [-0.3, -0.25) is 4.79 Å². The van der Waals surface area contributed by atoms with Crippen molar-refractivity contribution in [3.8, 4) is 0 Å². The van der Waals surface area contributed by atoms with Crippen molar-refractivity contribution in [1.29, 1.82) is 0 Å². The molecular formula is C14H30N2O2. The fraction of sp³-hybridized carbons (Fsp3) is 0.929. The van der Waals surface area contributed by atoms with Gasteiger partial charge in [-0.15, -0.1) is 0 Å². The molecule has 1 atom stereocenters. The highest BCUT2D eigenvalue weighted by Gasteiger charge is 2.24. The predicted molar refractivity (Wildman–Crippen MR) is 75.2 cm³/mol. The lowest BCUT2D eigenvalue weighted by Gasteiger charge is -2.25. The molecule has 0 amide bonds. The van der Waals surface area contributed by atoms with E-state index in [-0.39, 0.29) is 5.97 Å². The zero-order chi connectivity index (χ0) is 14.0. The van der Waals surface area contributed by atoms with Gasteiger partial charge in [0.25, 0.3) is 0 Å². The molecule has 0 radical (unpaired) electrons. The van der Waals surface area contributed by atoms with Crippen LogP contribution in [0.3, 0.4) is 0 Å². The lowest BCUT2D eigenvalue weighted by molar-refractivity contribution is -0.158. The van der Waals surface area contributed by atoms with Gasteiger partial charge in [-0.25, -0.2) is 0 Å². The quantitative estimate of drug-likeness (QED) is 0.466. The van der Waals surface area contributed by atoms with Gasteiger partial charge in [-0.05, 0) is 39.7 Å². The average Bonchev–Trinajstić information content (AvgIpc) is 2.32. The molecule has 0 spiro atoms. The largest absolute Gasteiger partial charge is 0.459 e. The molecule has 0 aromatic carbocycles. The molecule has 0 aromatic heterocycles. The summed E-state index contributed by atoms with van der Waals surface area (Å²) in [5, 5.41) is 0. The first-order chi connectivity index (χ1) is 8.43. The van der Waals surface area contributed by atoms with E-state index in [1.165, 1.54) is 12.8 Å². The maximum absolute atomic E-state index is 11.7. The third-order valence-electron chi connectivity index (χ3n) is 3.25. The van der Waals surface area contributed by atoms with Gasteiger partial charge in [-0.2, -0.15) is 0 Å². The van der Waals surface area contributed by atoms with E-state index in [0.717, 1.165) is 32.2 Å². The summed E-state index contributed by atoms with van der Waals surface area (Å²) >= 11 is 0. The van der Waals surface area contributed by atoms with E-state index in [9.17, 15) is 4.79 Å². The molecule has 0 aliphatic rings. The van der Waals surface area contributed by atoms with E-state index in [4.69, 9.17) is 16.2 Å². The first kappa shape index (κ1) is 17.4. The van der Waals surface area contributed by atoms with Gasteiger partial charge in [-0.1, -0.05) is 32.6 Å². The molecule has 1 unspecified atom stereocenters. The van der Waals surface area contributed by atoms with Crippen molar-refractivity contribution in [1.82, 2.24) is 0 Å². The average molecular weight is 258 g/mol. The van der Waals surface area contributed by atoms with Gasteiger partial charge in [0.05, 0.1) is 0 Å². The molecule has 0 saturated heterocycles. The molecule has 18 heavy (non-hydrogen) atoms. The van der Waals surface area contributed by atoms with Crippen molar-refractivity contribution in [3.63, 3.8) is 0 Å². The lowest BCUT2D eigenvalue weighted by Crippen LogP contribution is -2.38. The van der Waals surface area contributed by atoms with E-state index < -0.39 is 11.6 Å². The summed E-state index contributed by atoms with van der Waals surface area (Å²) in [6.45, 7) is 6.57. The van der Waals surface area contributed by atoms with Crippen LogP contribution in [0.2, 0.25) is 0 Å². The zero-order valence-corrected chi connectivity index (χ0v) is 12.2. The Bertz CT molecular complexity index is 230. The van der Waals surface area contributed by atoms with Gasteiger partial charge in [0.15, 0.2) is 0 Å². The molecular weight excluding hydrogens is 228 g/mol. The SMILES string of the molecule is CCC(C)(C)OC(=O)C(N)CCCCCCCN. The van der Waals surface area contributed by atoms with Crippen molar-refractivity contribution in [3.05, 3.63) is 0 Å². The molecule has 0 aliphatic heterocycles. The van der Waals surface area contributed by atoms with Crippen molar-refractivity contribution in [2.45, 2.75) is 77.4 Å². The molecule has 0 aromatic rings. The topological polar surface area (TPSA) is 78.3 Å². The lowest BCUT2D eigenvalue weighted by atomic mass is 10.0. The van der Waals surface area contributed by atoms with Crippen LogP contribution in [0.25, 0.3) is 0 Å². The summed E-state index contributed by atoms with van der Waals surface area (Å²) in [6.07, 6.45) is 7.01. The maximum atomic E-state index is 11.7. The van der Waals surface area contributed by atoms with Crippen LogP contribution < -0.4 is 11.5 Å². The molecule has 4 N–H and O–H groups in total. The second-order valence-electron chi connectivity index (χ2n) is 5.49. The standard InChI is InChI=1S/C14H30N2O2/c1-4-14(2,3)18-13(17)12(16)10-8-6-5-7-9-11-15/h12H,4-11,15-16H2,1-3H3. The maximum Gasteiger partial charge on any atom is 0.323 e. The number of unbranched alkanes of at least 4 members (excludes halogenated alkanes) is 4. The van der Waals surface area contributed by atoms with Gasteiger partial charge in [0.2, 0.25) is 0 Å². The predicted octanol–water partition coefficient (Wildman–Crippen LogP) is 2.34. The summed E-state index contributed by atoms with van der Waals surface area (Å²) in [5.41, 5.74) is 10.8. The molecule has 0 saturated carbocycles. The van der Waals surface area contributed by atoms with Gasteiger partial charge >= 0.3 is 5.97 Å². The van der Waals surface area contributed by atoms with Gasteiger partial charge in [0, 0.05) is 0 Å². The number of rotatable bonds is 10. The Morgan fingerprint density at radius 3 is 2.28 bits per heavy atom. The minimum Gasteiger partial charge on any atom is -0.459 e. The van der Waals surface area contributed by atoms with Crippen LogP contribution in [0.4, 0.5) is 0 Å². The third kappa shape index (κ3) is 8.48. The summed E-state index contributed by atoms with van der Waals surface area (Å²) in [4.78, 5) is 11.7. The highest BCUT2D eigenvalue weighted by molar-refractivity contribution is 5.75. The summed E-state index contributed by atoms with van der Waals surface area (Å²) in [6, 6.07) is -0.481. The zero-order valence-electron chi connectivity index (χ0n) is 12.2. The van der Waals surface area contributed by atoms with Crippen LogP contribution in [-0.2, 0) is 9.53 Å². The fourth-order valence-corrected chi connectivity index (χ4v) is 1.58. The van der Waals surface area contributed by atoms with Gasteiger partial charge in [0.1, 0.15) is 11.6 Å². The van der Waals surface area contributed by atoms with Crippen molar-refractivity contribution in [2.75, 3.05) is 6.54 Å². The molecule has 4 nitrogen and oxygen atoms in total. The summed E-state index contributed by atoms with van der Waals surface area (Å²) in [5.74, 6) is -0.274. The second kappa shape index (κ2) is 9.34. The molecule has 0 heterocycles.